The van der Waals surface area contributed by atoms with Crippen LogP contribution in [0, 0.1) is 0 Å². The molecule has 0 aliphatic rings. The van der Waals surface area contributed by atoms with Crippen LogP contribution in [0.2, 0.25) is 18.1 Å². The first-order chi connectivity index (χ1) is 14.9. The van der Waals surface area contributed by atoms with Crippen LogP contribution in [0.25, 0.3) is 6.08 Å². The Morgan fingerprint density at radius 2 is 1.88 bits per heavy atom. The monoisotopic (exact) mass is 653 g/mol. The molecule has 11 heteroatoms. The number of alkyl halides is 3. The summed E-state index contributed by atoms with van der Waals surface area (Å²) in [6, 6.07) is 3.21. The molecule has 1 unspecified atom stereocenters. The molecule has 1 aromatic heterocycles. The van der Waals surface area contributed by atoms with Gasteiger partial charge < -0.3 is 14.3 Å². The first kappa shape index (κ1) is 30.3. The molecule has 0 radical (unpaired) electrons. The minimum absolute atomic E-state index is 0.0458. The van der Waals surface area contributed by atoms with E-state index in [-0.39, 0.29) is 11.1 Å². The maximum absolute atomic E-state index is 12.0. The number of halogens is 4. The van der Waals surface area contributed by atoms with Crippen molar-refractivity contribution in [2.75, 3.05) is 6.61 Å². The molecule has 1 N–H and O–H groups in total. The second-order valence-electron chi connectivity index (χ2n) is 7.50. The van der Waals surface area contributed by atoms with Gasteiger partial charge in [-0.1, -0.05) is 61.7 Å². The van der Waals surface area contributed by atoms with Crippen molar-refractivity contribution in [3.8, 4) is 0 Å². The molecule has 182 valence electrons. The molecule has 2 atom stereocenters. The standard InChI is InChI=1S/C21H31Cl3INO4SSi/c1-6-32(7-2,8-3)30-17(10-9-15(5)25)14(4)11-16-12-31-19(26-16)18(27)20(28)29-13-21(22,23)24/h9,11-12,17-18,27H,6-8,10,13H2,1-5H3/t17-,18?/m0/s1. The van der Waals surface area contributed by atoms with Crippen LogP contribution >= 0.6 is 68.7 Å². The van der Waals surface area contributed by atoms with E-state index in [2.05, 4.69) is 61.3 Å². The highest BCUT2D eigenvalue weighted by Crippen LogP contribution is 2.30. The molecule has 0 saturated heterocycles. The Kier molecular flexibility index (Phi) is 13.3. The number of carbonyl (C=O) groups is 1. The fourth-order valence-corrected chi connectivity index (χ4v) is 7.10. The Morgan fingerprint density at radius 1 is 1.28 bits per heavy atom. The summed E-state index contributed by atoms with van der Waals surface area (Å²) >= 11 is 20.2. The molecule has 1 aromatic rings. The van der Waals surface area contributed by atoms with Crippen LogP contribution in [-0.4, -0.2) is 40.9 Å². The summed E-state index contributed by atoms with van der Waals surface area (Å²) in [4.78, 5) is 16.4. The topological polar surface area (TPSA) is 68.7 Å². The first-order valence-corrected chi connectivity index (χ1v) is 16.0. The van der Waals surface area contributed by atoms with Gasteiger partial charge in [0.05, 0.1) is 11.8 Å². The number of thiazole rings is 1. The minimum atomic E-state index is -1.81. The van der Waals surface area contributed by atoms with E-state index in [0.29, 0.717) is 5.69 Å². The van der Waals surface area contributed by atoms with Gasteiger partial charge in [-0.25, -0.2) is 9.78 Å². The third kappa shape index (κ3) is 10.3. The molecule has 1 heterocycles. The van der Waals surface area contributed by atoms with Crippen molar-refractivity contribution >= 4 is 89.1 Å². The summed E-state index contributed by atoms with van der Waals surface area (Å²) in [6.45, 7) is 10.3. The van der Waals surface area contributed by atoms with Crippen molar-refractivity contribution in [1.82, 2.24) is 4.98 Å². The zero-order valence-electron chi connectivity index (χ0n) is 19.0. The maximum Gasteiger partial charge on any atom is 0.342 e. The third-order valence-electron chi connectivity index (χ3n) is 5.20. The van der Waals surface area contributed by atoms with E-state index >= 15 is 0 Å². The second-order valence-corrected chi connectivity index (χ2v) is 17.3. The molecule has 5 nitrogen and oxygen atoms in total. The lowest BCUT2D eigenvalue weighted by molar-refractivity contribution is -0.153. The Bertz CT molecular complexity index is 797. The SMILES string of the molecule is CC[Si](CC)(CC)O[C@@H](CC=C(C)I)C(C)=Cc1csc(C(O)C(=O)OCC(Cl)(Cl)Cl)n1. The van der Waals surface area contributed by atoms with Gasteiger partial charge in [0.25, 0.3) is 0 Å². The van der Waals surface area contributed by atoms with Crippen LogP contribution in [0.3, 0.4) is 0 Å². The predicted octanol–water partition coefficient (Wildman–Crippen LogP) is 7.61. The van der Waals surface area contributed by atoms with Crippen LogP contribution in [0.5, 0.6) is 0 Å². The highest BCUT2D eigenvalue weighted by Gasteiger charge is 2.32. The molecule has 0 amide bonds. The zero-order valence-corrected chi connectivity index (χ0v) is 25.2. The number of ether oxygens (including phenoxy) is 1. The molecule has 0 spiro atoms. The van der Waals surface area contributed by atoms with Crippen molar-refractivity contribution in [3.63, 3.8) is 0 Å². The molecule has 0 aliphatic carbocycles. The van der Waals surface area contributed by atoms with Gasteiger partial charge in [-0.3, -0.25) is 0 Å². The van der Waals surface area contributed by atoms with Crippen molar-refractivity contribution in [2.45, 2.75) is 75.2 Å². The summed E-state index contributed by atoms with van der Waals surface area (Å²) in [7, 11) is -1.81. The average molecular weight is 655 g/mol. The second kappa shape index (κ2) is 14.0. The van der Waals surface area contributed by atoms with Crippen LogP contribution in [-0.2, 0) is 14.0 Å². The van der Waals surface area contributed by atoms with Crippen LogP contribution in [0.1, 0.15) is 57.8 Å². The van der Waals surface area contributed by atoms with Crippen molar-refractivity contribution in [1.29, 1.82) is 0 Å². The quantitative estimate of drug-likeness (QED) is 0.109. The van der Waals surface area contributed by atoms with Gasteiger partial charge in [0.1, 0.15) is 11.6 Å². The summed E-state index contributed by atoms with van der Waals surface area (Å²) in [5.41, 5.74) is 1.70. The van der Waals surface area contributed by atoms with E-state index in [1.807, 2.05) is 13.0 Å². The van der Waals surface area contributed by atoms with E-state index in [1.54, 1.807) is 5.38 Å². The molecular formula is C21H31Cl3INO4SSi. The third-order valence-corrected chi connectivity index (χ3v) is 11.5. The van der Waals surface area contributed by atoms with Crippen LogP contribution in [0.15, 0.2) is 20.6 Å². The average Bonchev–Trinajstić information content (AvgIpc) is 3.19. The minimum Gasteiger partial charge on any atom is -0.459 e. The summed E-state index contributed by atoms with van der Waals surface area (Å²) in [5.74, 6) is -0.911. The highest BCUT2D eigenvalue weighted by molar-refractivity contribution is 14.1. The number of rotatable bonds is 12. The lowest BCUT2D eigenvalue weighted by atomic mass is 10.1. The number of aromatic nitrogens is 1. The van der Waals surface area contributed by atoms with Crippen molar-refractivity contribution in [2.24, 2.45) is 0 Å². The number of hydrogen-bond acceptors (Lipinski definition) is 6. The van der Waals surface area contributed by atoms with Crippen molar-refractivity contribution < 1.29 is 19.1 Å². The fraction of sp³-hybridized carbons (Fsp3) is 0.619. The van der Waals surface area contributed by atoms with Gasteiger partial charge in [0.15, 0.2) is 8.32 Å². The number of nitrogens with zero attached hydrogens (tertiary/aromatic N) is 1. The summed E-state index contributed by atoms with van der Waals surface area (Å²) in [6.07, 6.45) is 3.33. The van der Waals surface area contributed by atoms with Gasteiger partial charge in [-0.15, -0.1) is 11.3 Å². The number of carbonyl (C=O) groups excluding carboxylic acids is 1. The van der Waals surface area contributed by atoms with Gasteiger partial charge in [-0.05, 0) is 76.2 Å². The smallest absolute Gasteiger partial charge is 0.342 e. The van der Waals surface area contributed by atoms with E-state index in [1.165, 1.54) is 14.9 Å². The van der Waals surface area contributed by atoms with Crippen molar-refractivity contribution in [3.05, 3.63) is 31.3 Å². The van der Waals surface area contributed by atoms with Gasteiger partial charge >= 0.3 is 5.97 Å². The Labute approximate surface area is 224 Å². The van der Waals surface area contributed by atoms with Gasteiger partial charge in [0.2, 0.25) is 9.90 Å². The van der Waals surface area contributed by atoms with Gasteiger partial charge in [-0.2, -0.15) is 0 Å². The first-order valence-electron chi connectivity index (χ1n) is 10.4. The largest absolute Gasteiger partial charge is 0.459 e. The van der Waals surface area contributed by atoms with E-state index in [0.717, 1.165) is 30.1 Å². The number of aliphatic hydroxyl groups is 1. The molecular weight excluding hydrogens is 624 g/mol. The lowest BCUT2D eigenvalue weighted by Crippen LogP contribution is -2.40. The maximum atomic E-state index is 12.0. The molecule has 0 bridgehead atoms. The zero-order chi connectivity index (χ0) is 24.5. The number of hydrogen-bond donors (Lipinski definition) is 1. The normalized spacial score (nSPS) is 15.6. The predicted molar refractivity (Wildman–Crippen MR) is 146 cm³/mol. The fourth-order valence-electron chi connectivity index (χ4n) is 3.05. The molecule has 0 aromatic carbocycles. The Hall–Kier alpha value is 0.317. The highest BCUT2D eigenvalue weighted by atomic mass is 127. The molecule has 32 heavy (non-hydrogen) atoms. The summed E-state index contributed by atoms with van der Waals surface area (Å²) in [5, 5.41) is 12.2. The Balaban J connectivity index is 3.04. The molecule has 0 saturated carbocycles. The lowest BCUT2D eigenvalue weighted by Gasteiger charge is -2.33. The van der Waals surface area contributed by atoms with Crippen LogP contribution in [0.4, 0.5) is 0 Å². The number of allylic oxidation sites excluding steroid dienone is 1. The summed E-state index contributed by atoms with van der Waals surface area (Å²) < 4.78 is 11.1. The molecule has 0 aliphatic heterocycles. The van der Waals surface area contributed by atoms with E-state index < -0.39 is 30.8 Å². The molecule has 1 rings (SSSR count). The molecule has 0 fully saturated rings. The van der Waals surface area contributed by atoms with E-state index in [4.69, 9.17) is 44.0 Å². The number of aliphatic hydroxyl groups excluding tert-OH is 1. The van der Waals surface area contributed by atoms with Crippen LogP contribution < -0.4 is 0 Å². The Morgan fingerprint density at radius 3 is 2.38 bits per heavy atom. The number of esters is 1. The van der Waals surface area contributed by atoms with Gasteiger partial charge in [0, 0.05) is 5.38 Å². The van der Waals surface area contributed by atoms with E-state index in [9.17, 15) is 9.90 Å².